The molecule has 1 aliphatic rings. The Kier molecular flexibility index (Phi) is 5.51. The number of hydrogen-bond acceptors (Lipinski definition) is 3. The van der Waals surface area contributed by atoms with Crippen molar-refractivity contribution in [1.29, 1.82) is 0 Å². The lowest BCUT2D eigenvalue weighted by Gasteiger charge is -2.11. The molecule has 0 aromatic heterocycles. The van der Waals surface area contributed by atoms with Gasteiger partial charge in [0.1, 0.15) is 6.04 Å². The highest BCUT2D eigenvalue weighted by atomic mass is 35.5. The molecule has 1 saturated heterocycles. The monoisotopic (exact) mass is 343 g/mol. The van der Waals surface area contributed by atoms with Crippen molar-refractivity contribution in [3.63, 3.8) is 0 Å². The second-order valence-corrected chi connectivity index (χ2v) is 6.64. The van der Waals surface area contributed by atoms with E-state index in [1.807, 2.05) is 24.3 Å². The minimum atomic E-state index is -0.219. The second-order valence-electron chi connectivity index (χ2n) is 6.21. The molecule has 126 valence electrons. The zero-order valence-corrected chi connectivity index (χ0v) is 14.4. The number of rotatable bonds is 5. The third-order valence-electron chi connectivity index (χ3n) is 4.33. The van der Waals surface area contributed by atoms with Gasteiger partial charge in [-0.05, 0) is 43.0 Å². The van der Waals surface area contributed by atoms with Gasteiger partial charge in [0.15, 0.2) is 0 Å². The first-order chi connectivity index (χ1) is 11.6. The van der Waals surface area contributed by atoms with E-state index in [1.54, 1.807) is 0 Å². The highest BCUT2D eigenvalue weighted by molar-refractivity contribution is 6.30. The molecule has 5 heteroatoms. The van der Waals surface area contributed by atoms with E-state index in [1.165, 1.54) is 11.1 Å². The summed E-state index contributed by atoms with van der Waals surface area (Å²) in [4.78, 5) is 12.3. The fourth-order valence-corrected chi connectivity index (χ4v) is 2.98. The minimum Gasteiger partial charge on any atom is -0.354 e. The fraction of sp³-hybridized carbons (Fsp3) is 0.316. The lowest BCUT2D eigenvalue weighted by atomic mass is 10.0. The molecule has 1 fully saturated rings. The van der Waals surface area contributed by atoms with Crippen molar-refractivity contribution < 1.29 is 4.79 Å². The standard InChI is InChI=1S/C19H22ClN3O/c1-13-2-4-14(5-3-13)10-11-21-19(24)18-12-17(22-23-18)15-6-8-16(20)9-7-15/h2-9,17-18,22-23H,10-12H2,1H3,(H,21,24). The summed E-state index contributed by atoms with van der Waals surface area (Å²) in [5.41, 5.74) is 9.87. The molecule has 3 rings (SSSR count). The molecule has 2 unspecified atom stereocenters. The van der Waals surface area contributed by atoms with Crippen molar-refractivity contribution in [2.45, 2.75) is 31.8 Å². The zero-order chi connectivity index (χ0) is 16.9. The van der Waals surface area contributed by atoms with E-state index in [4.69, 9.17) is 11.6 Å². The number of hydrogen-bond donors (Lipinski definition) is 3. The van der Waals surface area contributed by atoms with Gasteiger partial charge in [-0.15, -0.1) is 0 Å². The molecule has 0 radical (unpaired) electrons. The summed E-state index contributed by atoms with van der Waals surface area (Å²) in [7, 11) is 0. The van der Waals surface area contributed by atoms with Crippen LogP contribution in [0.5, 0.6) is 0 Å². The number of benzene rings is 2. The van der Waals surface area contributed by atoms with Crippen molar-refractivity contribution in [2.24, 2.45) is 0 Å². The van der Waals surface area contributed by atoms with E-state index in [0.29, 0.717) is 6.54 Å². The Hall–Kier alpha value is -1.88. The molecule has 2 atom stereocenters. The van der Waals surface area contributed by atoms with E-state index in [-0.39, 0.29) is 18.0 Å². The Labute approximate surface area is 147 Å². The lowest BCUT2D eigenvalue weighted by Crippen LogP contribution is -2.43. The van der Waals surface area contributed by atoms with Crippen molar-refractivity contribution in [1.82, 2.24) is 16.2 Å². The van der Waals surface area contributed by atoms with Crippen LogP contribution in [0.25, 0.3) is 0 Å². The van der Waals surface area contributed by atoms with Gasteiger partial charge in [-0.25, -0.2) is 10.9 Å². The van der Waals surface area contributed by atoms with Crippen LogP contribution in [0.3, 0.4) is 0 Å². The second kappa shape index (κ2) is 7.79. The zero-order valence-electron chi connectivity index (χ0n) is 13.7. The van der Waals surface area contributed by atoms with Crippen LogP contribution in [0.15, 0.2) is 48.5 Å². The summed E-state index contributed by atoms with van der Waals surface area (Å²) in [6.07, 6.45) is 1.56. The van der Waals surface area contributed by atoms with Gasteiger partial charge in [-0.2, -0.15) is 0 Å². The number of aryl methyl sites for hydroxylation is 1. The topological polar surface area (TPSA) is 53.2 Å². The van der Waals surface area contributed by atoms with E-state index in [9.17, 15) is 4.79 Å². The van der Waals surface area contributed by atoms with Crippen LogP contribution < -0.4 is 16.2 Å². The van der Waals surface area contributed by atoms with Gasteiger partial charge >= 0.3 is 0 Å². The van der Waals surface area contributed by atoms with Gasteiger partial charge in [0.2, 0.25) is 5.91 Å². The summed E-state index contributed by atoms with van der Waals surface area (Å²) in [6, 6.07) is 16.0. The summed E-state index contributed by atoms with van der Waals surface area (Å²) in [6.45, 7) is 2.72. The Morgan fingerprint density at radius 2 is 1.83 bits per heavy atom. The molecular weight excluding hydrogens is 322 g/mol. The van der Waals surface area contributed by atoms with E-state index >= 15 is 0 Å². The molecule has 0 bridgehead atoms. The maximum atomic E-state index is 12.3. The Morgan fingerprint density at radius 3 is 2.54 bits per heavy atom. The maximum Gasteiger partial charge on any atom is 0.238 e. The van der Waals surface area contributed by atoms with Crippen molar-refractivity contribution in [3.8, 4) is 0 Å². The Balaban J connectivity index is 1.46. The van der Waals surface area contributed by atoms with Gasteiger partial charge in [-0.3, -0.25) is 4.79 Å². The van der Waals surface area contributed by atoms with Gasteiger partial charge in [0, 0.05) is 17.6 Å². The Bertz CT molecular complexity index is 685. The summed E-state index contributed by atoms with van der Waals surface area (Å²) < 4.78 is 0. The average molecular weight is 344 g/mol. The molecule has 1 aliphatic heterocycles. The van der Waals surface area contributed by atoms with Gasteiger partial charge in [0.25, 0.3) is 0 Å². The number of carbonyl (C=O) groups excluding carboxylic acids is 1. The van der Waals surface area contributed by atoms with E-state index in [0.717, 1.165) is 23.4 Å². The number of hydrazine groups is 1. The summed E-state index contributed by atoms with van der Waals surface area (Å²) in [5.74, 6) is 0.0334. The van der Waals surface area contributed by atoms with Crippen LogP contribution >= 0.6 is 11.6 Å². The van der Waals surface area contributed by atoms with Crippen LogP contribution in [-0.2, 0) is 11.2 Å². The van der Waals surface area contributed by atoms with Crippen LogP contribution in [-0.4, -0.2) is 18.5 Å². The number of halogens is 1. The van der Waals surface area contributed by atoms with Crippen LogP contribution in [0.1, 0.15) is 29.2 Å². The lowest BCUT2D eigenvalue weighted by molar-refractivity contribution is -0.122. The molecular formula is C19H22ClN3O. The quantitative estimate of drug-likeness (QED) is 0.782. The van der Waals surface area contributed by atoms with Crippen LogP contribution in [0.2, 0.25) is 5.02 Å². The first-order valence-corrected chi connectivity index (χ1v) is 8.59. The smallest absolute Gasteiger partial charge is 0.238 e. The third-order valence-corrected chi connectivity index (χ3v) is 4.58. The predicted octanol–water partition coefficient (Wildman–Crippen LogP) is 2.91. The normalized spacial score (nSPS) is 20.1. The highest BCUT2D eigenvalue weighted by Gasteiger charge is 2.29. The number of amides is 1. The van der Waals surface area contributed by atoms with Gasteiger partial charge < -0.3 is 5.32 Å². The number of carbonyl (C=O) groups is 1. The fourth-order valence-electron chi connectivity index (χ4n) is 2.85. The predicted molar refractivity (Wildman–Crippen MR) is 96.8 cm³/mol. The molecule has 0 spiro atoms. The highest BCUT2D eigenvalue weighted by Crippen LogP contribution is 2.23. The molecule has 3 N–H and O–H groups in total. The van der Waals surface area contributed by atoms with Crippen LogP contribution in [0, 0.1) is 6.92 Å². The average Bonchev–Trinajstić information content (AvgIpc) is 3.07. The SMILES string of the molecule is Cc1ccc(CCNC(=O)C2CC(c3ccc(Cl)cc3)NN2)cc1. The maximum absolute atomic E-state index is 12.3. The number of nitrogens with one attached hydrogen (secondary N) is 3. The third kappa shape index (κ3) is 4.35. The molecule has 2 aromatic rings. The van der Waals surface area contributed by atoms with Crippen molar-refractivity contribution in [2.75, 3.05) is 6.54 Å². The van der Waals surface area contributed by atoms with Crippen molar-refractivity contribution in [3.05, 3.63) is 70.2 Å². The summed E-state index contributed by atoms with van der Waals surface area (Å²) in [5, 5.41) is 3.72. The van der Waals surface area contributed by atoms with E-state index in [2.05, 4.69) is 47.4 Å². The van der Waals surface area contributed by atoms with E-state index < -0.39 is 0 Å². The first-order valence-electron chi connectivity index (χ1n) is 8.21. The molecule has 1 heterocycles. The Morgan fingerprint density at radius 1 is 1.12 bits per heavy atom. The first kappa shape index (κ1) is 17.0. The molecule has 0 saturated carbocycles. The molecule has 24 heavy (non-hydrogen) atoms. The van der Waals surface area contributed by atoms with Gasteiger partial charge in [0.05, 0.1) is 0 Å². The minimum absolute atomic E-state index is 0.0334. The molecule has 2 aromatic carbocycles. The van der Waals surface area contributed by atoms with Gasteiger partial charge in [-0.1, -0.05) is 53.6 Å². The molecule has 4 nitrogen and oxygen atoms in total. The largest absolute Gasteiger partial charge is 0.354 e. The van der Waals surface area contributed by atoms with Crippen LogP contribution in [0.4, 0.5) is 0 Å². The molecule has 0 aliphatic carbocycles. The van der Waals surface area contributed by atoms with Crippen molar-refractivity contribution >= 4 is 17.5 Å². The molecule has 1 amide bonds. The summed E-state index contributed by atoms with van der Waals surface area (Å²) >= 11 is 5.91.